The predicted octanol–water partition coefficient (Wildman–Crippen LogP) is 3.38. The molecule has 0 bridgehead atoms. The van der Waals surface area contributed by atoms with Crippen LogP contribution in [0.25, 0.3) is 0 Å². The summed E-state index contributed by atoms with van der Waals surface area (Å²) in [5, 5.41) is 3.03. The Kier molecular flexibility index (Phi) is 7.23. The first kappa shape index (κ1) is 19.1. The van der Waals surface area contributed by atoms with Gasteiger partial charge in [-0.3, -0.25) is 9.69 Å². The van der Waals surface area contributed by atoms with Crippen molar-refractivity contribution in [3.8, 4) is 0 Å². The van der Waals surface area contributed by atoms with Crippen molar-refractivity contribution < 1.29 is 4.79 Å². The first-order valence-corrected chi connectivity index (χ1v) is 10.4. The van der Waals surface area contributed by atoms with Crippen LogP contribution in [-0.4, -0.2) is 55.0 Å². The van der Waals surface area contributed by atoms with Gasteiger partial charge in [0, 0.05) is 44.1 Å². The summed E-state index contributed by atoms with van der Waals surface area (Å²) in [6.45, 7) is 9.56. The maximum Gasteiger partial charge on any atom is 0.261 e. The summed E-state index contributed by atoms with van der Waals surface area (Å²) in [4.78, 5) is 19.1. The van der Waals surface area contributed by atoms with E-state index in [1.165, 1.54) is 10.4 Å². The van der Waals surface area contributed by atoms with E-state index in [-0.39, 0.29) is 5.91 Å². The molecule has 26 heavy (non-hydrogen) atoms. The molecule has 1 N–H and O–H groups in total. The van der Waals surface area contributed by atoms with Gasteiger partial charge in [0.1, 0.15) is 0 Å². The lowest BCUT2D eigenvalue weighted by molar-refractivity contribution is 0.0955. The topological polar surface area (TPSA) is 35.6 Å². The van der Waals surface area contributed by atoms with Crippen molar-refractivity contribution in [2.24, 2.45) is 0 Å². The first-order valence-electron chi connectivity index (χ1n) is 9.54. The maximum absolute atomic E-state index is 12.0. The highest BCUT2D eigenvalue weighted by molar-refractivity contribution is 7.13. The molecule has 3 rings (SSSR count). The summed E-state index contributed by atoms with van der Waals surface area (Å²) in [6.07, 6.45) is 2.18. The Hall–Kier alpha value is -1.69. The molecule has 1 fully saturated rings. The van der Waals surface area contributed by atoms with Gasteiger partial charge in [-0.1, -0.05) is 30.3 Å². The molecular formula is C21H29N3OS. The molecule has 0 spiro atoms. The fourth-order valence-corrected chi connectivity index (χ4v) is 4.10. The van der Waals surface area contributed by atoms with E-state index in [1.807, 2.05) is 19.1 Å². The largest absolute Gasteiger partial charge is 0.351 e. The third-order valence-corrected chi connectivity index (χ3v) is 5.86. The number of rotatable bonds is 8. The van der Waals surface area contributed by atoms with E-state index in [9.17, 15) is 4.79 Å². The molecule has 2 heterocycles. The Bertz CT molecular complexity index is 678. The van der Waals surface area contributed by atoms with Gasteiger partial charge in [-0.2, -0.15) is 0 Å². The molecule has 4 nitrogen and oxygen atoms in total. The Balaban J connectivity index is 1.25. The van der Waals surface area contributed by atoms with Crippen LogP contribution in [0.3, 0.4) is 0 Å². The number of amides is 1. The van der Waals surface area contributed by atoms with E-state index in [1.54, 1.807) is 11.3 Å². The SMILES string of the molecule is Cc1ccc(C(=O)NCCCCN2CCN(Cc3ccccc3)CC2)s1. The summed E-state index contributed by atoms with van der Waals surface area (Å²) in [5.41, 5.74) is 1.40. The first-order chi connectivity index (χ1) is 12.7. The summed E-state index contributed by atoms with van der Waals surface area (Å²) < 4.78 is 0. The molecule has 1 saturated heterocycles. The number of hydrogen-bond donors (Lipinski definition) is 1. The molecule has 1 aromatic carbocycles. The minimum absolute atomic E-state index is 0.0672. The van der Waals surface area contributed by atoms with Crippen LogP contribution >= 0.6 is 11.3 Å². The van der Waals surface area contributed by atoms with Crippen molar-refractivity contribution in [3.05, 3.63) is 57.8 Å². The number of carbonyl (C=O) groups is 1. The number of thiophene rings is 1. The Morgan fingerprint density at radius 2 is 1.73 bits per heavy atom. The minimum Gasteiger partial charge on any atom is -0.351 e. The lowest BCUT2D eigenvalue weighted by Gasteiger charge is -2.34. The maximum atomic E-state index is 12.0. The number of hydrogen-bond acceptors (Lipinski definition) is 4. The van der Waals surface area contributed by atoms with E-state index in [0.717, 1.165) is 63.5 Å². The van der Waals surface area contributed by atoms with E-state index < -0.39 is 0 Å². The summed E-state index contributed by atoms with van der Waals surface area (Å²) >= 11 is 1.56. The molecule has 5 heteroatoms. The van der Waals surface area contributed by atoms with Crippen LogP contribution in [0.2, 0.25) is 0 Å². The molecule has 0 saturated carbocycles. The van der Waals surface area contributed by atoms with Crippen LogP contribution in [0.15, 0.2) is 42.5 Å². The zero-order valence-corrected chi connectivity index (χ0v) is 16.4. The number of benzene rings is 1. The average Bonchev–Trinajstić information content (AvgIpc) is 3.10. The van der Waals surface area contributed by atoms with Gasteiger partial charge >= 0.3 is 0 Å². The van der Waals surface area contributed by atoms with Crippen LogP contribution in [0, 0.1) is 6.92 Å². The van der Waals surface area contributed by atoms with Gasteiger partial charge in [0.05, 0.1) is 4.88 Å². The second-order valence-corrected chi connectivity index (χ2v) is 8.26. The highest BCUT2D eigenvalue weighted by Gasteiger charge is 2.16. The third-order valence-electron chi connectivity index (χ3n) is 4.86. The van der Waals surface area contributed by atoms with Crippen molar-refractivity contribution in [1.82, 2.24) is 15.1 Å². The average molecular weight is 372 g/mol. The van der Waals surface area contributed by atoms with Gasteiger partial charge in [0.15, 0.2) is 0 Å². The zero-order valence-electron chi connectivity index (χ0n) is 15.6. The lowest BCUT2D eigenvalue weighted by Crippen LogP contribution is -2.46. The van der Waals surface area contributed by atoms with E-state index in [0.29, 0.717) is 0 Å². The van der Waals surface area contributed by atoms with Gasteiger partial charge in [-0.05, 0) is 44.0 Å². The van der Waals surface area contributed by atoms with Crippen molar-refractivity contribution in [2.75, 3.05) is 39.3 Å². The van der Waals surface area contributed by atoms with Gasteiger partial charge < -0.3 is 10.2 Å². The molecule has 1 aliphatic heterocycles. The van der Waals surface area contributed by atoms with Gasteiger partial charge in [0.2, 0.25) is 0 Å². The van der Waals surface area contributed by atoms with Crippen molar-refractivity contribution in [3.63, 3.8) is 0 Å². The molecular weight excluding hydrogens is 342 g/mol. The number of nitrogens with one attached hydrogen (secondary N) is 1. The second kappa shape index (κ2) is 9.86. The minimum atomic E-state index is 0.0672. The second-order valence-electron chi connectivity index (χ2n) is 6.98. The molecule has 0 unspecified atom stereocenters. The Labute approximate surface area is 160 Å². The lowest BCUT2D eigenvalue weighted by atomic mass is 10.2. The normalized spacial score (nSPS) is 15.9. The highest BCUT2D eigenvalue weighted by atomic mass is 32.1. The number of aryl methyl sites for hydroxylation is 1. The molecule has 140 valence electrons. The van der Waals surface area contributed by atoms with Crippen LogP contribution in [0.4, 0.5) is 0 Å². The summed E-state index contributed by atoms with van der Waals surface area (Å²) in [6, 6.07) is 14.6. The van der Waals surface area contributed by atoms with Gasteiger partial charge in [-0.15, -0.1) is 11.3 Å². The van der Waals surface area contributed by atoms with Crippen LogP contribution < -0.4 is 5.32 Å². The smallest absolute Gasteiger partial charge is 0.261 e. The molecule has 1 aliphatic rings. The Morgan fingerprint density at radius 3 is 2.42 bits per heavy atom. The van der Waals surface area contributed by atoms with Crippen molar-refractivity contribution >= 4 is 17.2 Å². The van der Waals surface area contributed by atoms with Gasteiger partial charge in [-0.25, -0.2) is 0 Å². The predicted molar refractivity (Wildman–Crippen MR) is 109 cm³/mol. The third kappa shape index (κ3) is 5.94. The van der Waals surface area contributed by atoms with E-state index in [2.05, 4.69) is 45.4 Å². The number of unbranched alkanes of at least 4 members (excludes halogenated alkanes) is 1. The van der Waals surface area contributed by atoms with Gasteiger partial charge in [0.25, 0.3) is 5.91 Å². The van der Waals surface area contributed by atoms with Crippen LogP contribution in [0.5, 0.6) is 0 Å². The monoisotopic (exact) mass is 371 g/mol. The fourth-order valence-electron chi connectivity index (χ4n) is 3.32. The summed E-state index contributed by atoms with van der Waals surface area (Å²) in [7, 11) is 0. The summed E-state index contributed by atoms with van der Waals surface area (Å²) in [5.74, 6) is 0.0672. The standard InChI is InChI=1S/C21H29N3OS/c1-18-9-10-20(26-18)21(25)22-11-5-6-12-23-13-15-24(16-14-23)17-19-7-3-2-4-8-19/h2-4,7-10H,5-6,11-17H2,1H3,(H,22,25). The number of nitrogens with zero attached hydrogens (tertiary/aromatic N) is 2. The molecule has 1 aromatic heterocycles. The molecule has 1 amide bonds. The molecule has 0 atom stereocenters. The zero-order chi connectivity index (χ0) is 18.2. The Morgan fingerprint density at radius 1 is 1.00 bits per heavy atom. The molecule has 0 radical (unpaired) electrons. The van der Waals surface area contributed by atoms with E-state index >= 15 is 0 Å². The van der Waals surface area contributed by atoms with E-state index in [4.69, 9.17) is 0 Å². The molecule has 0 aliphatic carbocycles. The number of carbonyl (C=O) groups excluding carboxylic acids is 1. The fraction of sp³-hybridized carbons (Fsp3) is 0.476. The highest BCUT2D eigenvalue weighted by Crippen LogP contribution is 2.14. The van der Waals surface area contributed by atoms with Crippen molar-refractivity contribution in [2.45, 2.75) is 26.3 Å². The van der Waals surface area contributed by atoms with Crippen LogP contribution in [0.1, 0.15) is 33.0 Å². The van der Waals surface area contributed by atoms with Crippen molar-refractivity contribution in [1.29, 1.82) is 0 Å². The quantitative estimate of drug-likeness (QED) is 0.723. The molecule has 2 aromatic rings. The van der Waals surface area contributed by atoms with Crippen LogP contribution in [-0.2, 0) is 6.54 Å². The number of piperazine rings is 1.